The first-order chi connectivity index (χ1) is 19.0. The van der Waals surface area contributed by atoms with Gasteiger partial charge in [-0.05, 0) is 43.2 Å². The highest BCUT2D eigenvalue weighted by Crippen LogP contribution is 2.30. The quantitative estimate of drug-likeness (QED) is 0.0642. The SMILES string of the molecule is CCN(CC)c1ccc(/C=N/Nc2nnc(SCC(=O)Nc3nnc(SCc4ccccc4Cl)s3)n2N)cc1. The van der Waals surface area contributed by atoms with Gasteiger partial charge in [0.05, 0.1) is 12.0 Å². The van der Waals surface area contributed by atoms with Crippen LogP contribution in [0.4, 0.5) is 16.8 Å². The molecule has 0 unspecified atom stereocenters. The average molecular weight is 603 g/mol. The number of carbonyl (C=O) groups excluding carboxylic acids is 1. The van der Waals surface area contributed by atoms with E-state index in [1.165, 1.54) is 27.8 Å². The Morgan fingerprint density at radius 3 is 2.62 bits per heavy atom. The average Bonchev–Trinajstić information content (AvgIpc) is 3.54. The summed E-state index contributed by atoms with van der Waals surface area (Å²) in [5, 5.41) is 24.6. The lowest BCUT2D eigenvalue weighted by molar-refractivity contribution is -0.113. The van der Waals surface area contributed by atoms with Crippen molar-refractivity contribution in [3.63, 3.8) is 0 Å². The number of amides is 1. The minimum absolute atomic E-state index is 0.0686. The molecule has 15 heteroatoms. The zero-order valence-electron chi connectivity index (χ0n) is 21.2. The van der Waals surface area contributed by atoms with Crippen molar-refractivity contribution in [3.05, 3.63) is 64.7 Å². The maximum atomic E-state index is 12.4. The second-order valence-electron chi connectivity index (χ2n) is 7.90. The highest BCUT2D eigenvalue weighted by atomic mass is 35.5. The highest BCUT2D eigenvalue weighted by Gasteiger charge is 2.14. The predicted octanol–water partition coefficient (Wildman–Crippen LogP) is 4.81. The summed E-state index contributed by atoms with van der Waals surface area (Å²) in [5.74, 6) is 6.78. The third-order valence-corrected chi connectivity index (χ3v) is 8.69. The molecule has 4 N–H and O–H groups in total. The number of rotatable bonds is 13. The maximum Gasteiger partial charge on any atom is 0.264 e. The molecule has 11 nitrogen and oxygen atoms in total. The van der Waals surface area contributed by atoms with Crippen molar-refractivity contribution < 1.29 is 4.79 Å². The van der Waals surface area contributed by atoms with Gasteiger partial charge in [0.1, 0.15) is 0 Å². The van der Waals surface area contributed by atoms with E-state index in [0.29, 0.717) is 21.1 Å². The number of hydrogen-bond donors (Lipinski definition) is 3. The molecule has 0 saturated carbocycles. The summed E-state index contributed by atoms with van der Waals surface area (Å²) >= 11 is 10.1. The van der Waals surface area contributed by atoms with E-state index in [9.17, 15) is 4.79 Å². The summed E-state index contributed by atoms with van der Waals surface area (Å²) in [6, 6.07) is 15.7. The highest BCUT2D eigenvalue weighted by molar-refractivity contribution is 8.00. The molecule has 2 heterocycles. The minimum atomic E-state index is -0.262. The van der Waals surface area contributed by atoms with Crippen molar-refractivity contribution in [1.82, 2.24) is 25.1 Å². The third-order valence-electron chi connectivity index (χ3n) is 5.36. The standard InChI is InChI=1S/C24H27ClN10OS3/c1-3-34(4-2)18-11-9-16(10-12-18)13-27-29-21-30-32-23(35(21)26)37-15-20(36)28-22-31-33-24(39-22)38-14-17-7-5-6-8-19(17)25/h5-13H,3-4,14-15,26H2,1-2H3,(H,29,30)(H,28,31,36)/b27-13+. The zero-order chi connectivity index (χ0) is 27.6. The second kappa shape index (κ2) is 14.2. The molecule has 0 aliphatic heterocycles. The summed E-state index contributed by atoms with van der Waals surface area (Å²) in [6.07, 6.45) is 1.67. The third kappa shape index (κ3) is 8.08. The Labute approximate surface area is 243 Å². The summed E-state index contributed by atoms with van der Waals surface area (Å²) < 4.78 is 1.98. The first kappa shape index (κ1) is 28.7. The van der Waals surface area contributed by atoms with Crippen LogP contribution in [0.25, 0.3) is 0 Å². The molecule has 0 atom stereocenters. The molecule has 4 aromatic rings. The molecule has 1 amide bonds. The van der Waals surface area contributed by atoms with Crippen molar-refractivity contribution in [1.29, 1.82) is 0 Å². The molecular weight excluding hydrogens is 576 g/mol. The predicted molar refractivity (Wildman–Crippen MR) is 162 cm³/mol. The monoisotopic (exact) mass is 602 g/mol. The van der Waals surface area contributed by atoms with Crippen LogP contribution in [0.2, 0.25) is 5.02 Å². The van der Waals surface area contributed by atoms with Crippen LogP contribution in [0.1, 0.15) is 25.0 Å². The van der Waals surface area contributed by atoms with Gasteiger partial charge in [-0.2, -0.15) is 5.10 Å². The van der Waals surface area contributed by atoms with Gasteiger partial charge in [0, 0.05) is 29.6 Å². The fourth-order valence-corrected chi connectivity index (χ4v) is 6.05. The fraction of sp³-hybridized carbons (Fsp3) is 0.250. The number of nitrogens with two attached hydrogens (primary N) is 1. The molecule has 39 heavy (non-hydrogen) atoms. The van der Waals surface area contributed by atoms with Gasteiger partial charge in [-0.3, -0.25) is 10.1 Å². The molecule has 0 bridgehead atoms. The first-order valence-electron chi connectivity index (χ1n) is 11.9. The van der Waals surface area contributed by atoms with Crippen LogP contribution < -0.4 is 21.5 Å². The largest absolute Gasteiger partial charge is 0.372 e. The minimum Gasteiger partial charge on any atom is -0.372 e. The van der Waals surface area contributed by atoms with E-state index in [1.807, 2.05) is 36.4 Å². The fourth-order valence-electron chi connectivity index (χ4n) is 3.34. The Morgan fingerprint density at radius 2 is 1.87 bits per heavy atom. The van der Waals surface area contributed by atoms with Crippen molar-refractivity contribution in [3.8, 4) is 0 Å². The summed E-state index contributed by atoms with van der Waals surface area (Å²) in [6.45, 7) is 6.16. The number of nitrogen functional groups attached to an aromatic ring is 1. The molecule has 2 aromatic heterocycles. The van der Waals surface area contributed by atoms with Gasteiger partial charge in [0.15, 0.2) is 4.34 Å². The Bertz CT molecular complexity index is 1410. The smallest absolute Gasteiger partial charge is 0.264 e. The Balaban J connectivity index is 1.23. The number of halogens is 1. The van der Waals surface area contributed by atoms with E-state index in [2.05, 4.69) is 67.1 Å². The zero-order valence-corrected chi connectivity index (χ0v) is 24.4. The number of anilines is 3. The van der Waals surface area contributed by atoms with Crippen molar-refractivity contribution in [2.24, 2.45) is 5.10 Å². The molecule has 0 fully saturated rings. The van der Waals surface area contributed by atoms with Crippen molar-refractivity contribution in [2.75, 3.05) is 40.3 Å². The number of thioether (sulfide) groups is 2. The molecular formula is C24H27ClN10OS3. The lowest BCUT2D eigenvalue weighted by Gasteiger charge is -2.20. The number of aromatic nitrogens is 5. The van der Waals surface area contributed by atoms with E-state index in [-0.39, 0.29) is 17.6 Å². The lowest BCUT2D eigenvalue weighted by atomic mass is 10.2. The Morgan fingerprint density at radius 1 is 1.10 bits per heavy atom. The van der Waals surface area contributed by atoms with E-state index in [0.717, 1.165) is 46.0 Å². The molecule has 0 spiro atoms. The van der Waals surface area contributed by atoms with E-state index in [1.54, 1.807) is 6.21 Å². The summed E-state index contributed by atoms with van der Waals surface area (Å²) in [7, 11) is 0. The molecule has 0 aliphatic carbocycles. The second-order valence-corrected chi connectivity index (χ2v) is 11.4. The van der Waals surface area contributed by atoms with E-state index in [4.69, 9.17) is 17.4 Å². The molecule has 0 radical (unpaired) electrons. The van der Waals surface area contributed by atoms with Crippen LogP contribution >= 0.6 is 46.5 Å². The van der Waals surface area contributed by atoms with Crippen LogP contribution in [0.3, 0.4) is 0 Å². The van der Waals surface area contributed by atoms with Crippen LogP contribution in [-0.4, -0.2) is 56.0 Å². The van der Waals surface area contributed by atoms with E-state index < -0.39 is 0 Å². The van der Waals surface area contributed by atoms with Gasteiger partial charge in [0.2, 0.25) is 16.2 Å². The number of hydrogen-bond acceptors (Lipinski definition) is 12. The molecule has 2 aromatic carbocycles. The molecule has 0 aliphatic rings. The Hall–Kier alpha value is -3.33. The number of hydrazone groups is 1. The normalized spacial score (nSPS) is 11.2. The summed E-state index contributed by atoms with van der Waals surface area (Å²) in [4.78, 5) is 14.7. The Kier molecular flexibility index (Phi) is 10.4. The number of carbonyl (C=O) groups is 1. The molecule has 0 saturated heterocycles. The molecule has 204 valence electrons. The lowest BCUT2D eigenvalue weighted by Crippen LogP contribution is -2.21. The van der Waals surface area contributed by atoms with Gasteiger partial charge < -0.3 is 10.7 Å². The van der Waals surface area contributed by atoms with Crippen LogP contribution in [0.15, 0.2) is 63.1 Å². The van der Waals surface area contributed by atoms with Crippen LogP contribution in [0.5, 0.6) is 0 Å². The van der Waals surface area contributed by atoms with Crippen molar-refractivity contribution in [2.45, 2.75) is 29.1 Å². The number of nitrogens with one attached hydrogen (secondary N) is 2. The van der Waals surface area contributed by atoms with Gasteiger partial charge >= 0.3 is 0 Å². The van der Waals surface area contributed by atoms with Crippen LogP contribution in [-0.2, 0) is 10.5 Å². The van der Waals surface area contributed by atoms with Gasteiger partial charge in [-0.25, -0.2) is 10.1 Å². The number of nitrogens with zero attached hydrogens (tertiary/aromatic N) is 7. The van der Waals surface area contributed by atoms with Crippen molar-refractivity contribution >= 4 is 75.4 Å². The molecule has 4 rings (SSSR count). The van der Waals surface area contributed by atoms with Gasteiger partial charge in [-0.15, -0.1) is 20.4 Å². The number of benzene rings is 2. The first-order valence-corrected chi connectivity index (χ1v) is 15.1. The van der Waals surface area contributed by atoms with E-state index >= 15 is 0 Å². The van der Waals surface area contributed by atoms with Crippen LogP contribution in [0, 0.1) is 0 Å². The van der Waals surface area contributed by atoms with Gasteiger partial charge in [-0.1, -0.05) is 76.8 Å². The summed E-state index contributed by atoms with van der Waals surface area (Å²) in [5.41, 5.74) is 5.88. The topological polar surface area (TPSA) is 139 Å². The maximum absolute atomic E-state index is 12.4. The van der Waals surface area contributed by atoms with Gasteiger partial charge in [0.25, 0.3) is 5.95 Å².